The van der Waals surface area contributed by atoms with Crippen LogP contribution in [0.15, 0.2) is 122 Å². The molecule has 4 aromatic heterocycles. The third kappa shape index (κ3) is 9.01. The van der Waals surface area contributed by atoms with Crippen LogP contribution >= 0.6 is 11.6 Å². The monoisotopic (exact) mass is 907 g/mol. The van der Waals surface area contributed by atoms with Gasteiger partial charge in [0.2, 0.25) is 11.8 Å². The molecule has 6 heterocycles. The van der Waals surface area contributed by atoms with Crippen molar-refractivity contribution in [3.8, 4) is 34.6 Å². The fourth-order valence-corrected chi connectivity index (χ4v) is 7.61. The number of hydrogen-bond donors (Lipinski definition) is 1. The molecule has 0 saturated heterocycles. The molecule has 0 unspecified atom stereocenters. The van der Waals surface area contributed by atoms with Crippen molar-refractivity contribution in [2.75, 3.05) is 48.9 Å². The summed E-state index contributed by atoms with van der Waals surface area (Å²) in [5.74, 6) is 0.292. The van der Waals surface area contributed by atoms with Crippen LogP contribution in [0, 0.1) is 0 Å². The highest BCUT2D eigenvalue weighted by Gasteiger charge is 2.32. The predicted octanol–water partition coefficient (Wildman–Crippen LogP) is 9.33. The number of rotatable bonds is 6. The molecule has 15 nitrogen and oxygen atoms in total. The van der Waals surface area contributed by atoms with Gasteiger partial charge in [-0.1, -0.05) is 38.6 Å². The Bertz CT molecular complexity index is 3050. The number of methoxy groups -OCH3 is 1. The van der Waals surface area contributed by atoms with Gasteiger partial charge in [-0.3, -0.25) is 9.59 Å². The van der Waals surface area contributed by atoms with Crippen LogP contribution < -0.4 is 34.5 Å². The Hall–Kier alpha value is -7.86. The summed E-state index contributed by atoms with van der Waals surface area (Å²) in [4.78, 5) is 45.3. The number of hydrogen-bond acceptors (Lipinski definition) is 11. The number of benzene rings is 4. The second-order valence-corrected chi connectivity index (χ2v) is 14.4. The average Bonchev–Trinajstić information content (AvgIpc) is 3.80. The SMILES string of the molecule is C.C.COc1cccc(-n2ccc3cc(N4CCOc5ncnc(N)c5C4=O)ccc32)c1.O=C1c2c(Cl)ncnc2OCCN1c1ccc2c(ccn2-c2cccc(OC(F)(F)F)c2)c1. The maximum Gasteiger partial charge on any atom is 0.573 e. The summed E-state index contributed by atoms with van der Waals surface area (Å²) < 4.78 is 62.1. The smallest absolute Gasteiger partial charge is 0.497 e. The Morgan fingerprint density at radius 2 is 1.15 bits per heavy atom. The van der Waals surface area contributed by atoms with Gasteiger partial charge in [-0.25, -0.2) is 19.9 Å². The lowest BCUT2D eigenvalue weighted by atomic mass is 10.2. The molecule has 0 saturated carbocycles. The van der Waals surface area contributed by atoms with Crippen LogP contribution in [0.2, 0.25) is 5.15 Å². The van der Waals surface area contributed by atoms with E-state index in [1.807, 2.05) is 60.8 Å². The van der Waals surface area contributed by atoms with Crippen LogP contribution in [0.4, 0.5) is 30.4 Å². The number of halogens is 4. The van der Waals surface area contributed by atoms with Crippen molar-refractivity contribution in [1.29, 1.82) is 0 Å². The molecule has 19 heteroatoms. The number of nitrogens with two attached hydrogens (primary N) is 1. The lowest BCUT2D eigenvalue weighted by molar-refractivity contribution is -0.274. The number of carbonyl (C=O) groups is 2. The molecular weight excluding hydrogens is 867 g/mol. The van der Waals surface area contributed by atoms with E-state index >= 15 is 0 Å². The van der Waals surface area contributed by atoms with Crippen molar-refractivity contribution >= 4 is 62.4 Å². The number of anilines is 3. The van der Waals surface area contributed by atoms with Gasteiger partial charge >= 0.3 is 6.36 Å². The Morgan fingerprint density at radius 1 is 0.646 bits per heavy atom. The van der Waals surface area contributed by atoms with Gasteiger partial charge in [-0.2, -0.15) is 0 Å². The Morgan fingerprint density at radius 3 is 1.71 bits per heavy atom. The number of alkyl halides is 3. The molecule has 10 rings (SSSR count). The lowest BCUT2D eigenvalue weighted by Crippen LogP contribution is -2.32. The zero-order chi connectivity index (χ0) is 43.8. The first-order chi connectivity index (χ1) is 30.5. The van der Waals surface area contributed by atoms with Crippen molar-refractivity contribution in [3.05, 3.63) is 138 Å². The Balaban J connectivity index is 0.000000189. The summed E-state index contributed by atoms with van der Waals surface area (Å²) in [5.41, 5.74) is 10.8. The lowest BCUT2D eigenvalue weighted by Gasteiger charge is -2.20. The molecular formula is C46H41ClF3N9O6. The van der Waals surface area contributed by atoms with E-state index in [1.54, 1.807) is 47.0 Å². The van der Waals surface area contributed by atoms with Crippen molar-refractivity contribution < 1.29 is 41.7 Å². The molecule has 0 atom stereocenters. The highest BCUT2D eigenvalue weighted by Crippen LogP contribution is 2.34. The van der Waals surface area contributed by atoms with E-state index in [-0.39, 0.29) is 79.4 Å². The summed E-state index contributed by atoms with van der Waals surface area (Å²) in [6, 6.07) is 28.6. The highest BCUT2D eigenvalue weighted by molar-refractivity contribution is 6.33. The average molecular weight is 908 g/mol. The van der Waals surface area contributed by atoms with Crippen LogP contribution in [-0.4, -0.2) is 80.7 Å². The van der Waals surface area contributed by atoms with Crippen molar-refractivity contribution in [2.24, 2.45) is 0 Å². The number of nitrogens with zero attached hydrogens (tertiary/aromatic N) is 8. The minimum Gasteiger partial charge on any atom is -0.497 e. The van der Waals surface area contributed by atoms with Gasteiger partial charge in [0, 0.05) is 58.0 Å². The molecule has 2 aliphatic heterocycles. The van der Waals surface area contributed by atoms with Crippen LogP contribution in [0.5, 0.6) is 23.3 Å². The number of nitrogen functional groups attached to an aromatic ring is 1. The minimum absolute atomic E-state index is 0. The van der Waals surface area contributed by atoms with E-state index in [0.717, 1.165) is 38.9 Å². The first kappa shape index (κ1) is 45.2. The Kier molecular flexibility index (Phi) is 12.8. The van der Waals surface area contributed by atoms with Crippen LogP contribution in [-0.2, 0) is 0 Å². The first-order valence-electron chi connectivity index (χ1n) is 19.2. The molecule has 0 fully saturated rings. The maximum atomic E-state index is 13.2. The van der Waals surface area contributed by atoms with E-state index in [9.17, 15) is 22.8 Å². The summed E-state index contributed by atoms with van der Waals surface area (Å²) in [5, 5.41) is 1.79. The molecule has 0 aliphatic carbocycles. The zero-order valence-electron chi connectivity index (χ0n) is 33.0. The van der Waals surface area contributed by atoms with E-state index in [0.29, 0.717) is 24.5 Å². The fourth-order valence-electron chi connectivity index (χ4n) is 7.40. The van der Waals surface area contributed by atoms with Crippen LogP contribution in [0.25, 0.3) is 33.2 Å². The summed E-state index contributed by atoms with van der Waals surface area (Å²) in [6.07, 6.45) is 1.48. The third-order valence-corrected chi connectivity index (χ3v) is 10.6. The molecule has 2 aliphatic rings. The number of fused-ring (bicyclic) bond motifs is 4. The number of carbonyl (C=O) groups excluding carboxylic acids is 2. The molecule has 8 aromatic rings. The van der Waals surface area contributed by atoms with Gasteiger partial charge in [0.15, 0.2) is 0 Å². The van der Waals surface area contributed by atoms with Crippen molar-refractivity contribution in [1.82, 2.24) is 29.1 Å². The third-order valence-electron chi connectivity index (χ3n) is 10.3. The van der Waals surface area contributed by atoms with Gasteiger partial charge in [0.05, 0.1) is 31.2 Å². The number of ether oxygens (including phenoxy) is 4. The topological polar surface area (TPSA) is 165 Å². The van der Waals surface area contributed by atoms with Gasteiger partial charge < -0.3 is 43.6 Å². The van der Waals surface area contributed by atoms with E-state index in [2.05, 4.69) is 29.2 Å². The highest BCUT2D eigenvalue weighted by atomic mass is 35.5. The molecule has 65 heavy (non-hydrogen) atoms. The number of aromatic nitrogens is 6. The molecule has 0 spiro atoms. The minimum atomic E-state index is -4.78. The standard InChI is InChI=1S/C22H14ClF3N4O3.C22H19N5O3.2CH4/c23-19-18-20(28-12-27-19)32-9-8-30(21(18)31)15-4-5-17-13(10-15)6-7-29(17)14-2-1-3-16(11-14)33-22(24,25)26;1-29-17-4-2-3-15(12-17)26-8-7-14-11-16(5-6-18(14)26)27-9-10-30-21-19(22(27)28)20(23)24-13-25-21;;/h1-7,10-12H,8-9H2;2-8,11-13H,9-10H2,1H3,(H2,23,24,25);2*1H4. The predicted molar refractivity (Wildman–Crippen MR) is 241 cm³/mol. The summed E-state index contributed by atoms with van der Waals surface area (Å²) >= 11 is 6.12. The van der Waals surface area contributed by atoms with Gasteiger partial charge in [-0.05, 0) is 72.8 Å². The van der Waals surface area contributed by atoms with E-state index in [4.69, 9.17) is 31.5 Å². The number of amides is 2. The van der Waals surface area contributed by atoms with E-state index < -0.39 is 6.36 Å². The summed E-state index contributed by atoms with van der Waals surface area (Å²) in [7, 11) is 1.65. The van der Waals surface area contributed by atoms with Crippen LogP contribution in [0.1, 0.15) is 35.6 Å². The second kappa shape index (κ2) is 18.5. The van der Waals surface area contributed by atoms with Gasteiger partial charge in [0.1, 0.15) is 59.5 Å². The quantitative estimate of drug-likeness (QED) is 0.158. The van der Waals surface area contributed by atoms with E-state index in [1.165, 1.54) is 35.8 Å². The Labute approximate surface area is 375 Å². The van der Waals surface area contributed by atoms with Gasteiger partial charge in [0.25, 0.3) is 11.8 Å². The summed E-state index contributed by atoms with van der Waals surface area (Å²) in [6.45, 7) is 1.19. The second-order valence-electron chi connectivity index (χ2n) is 14.0. The normalized spacial score (nSPS) is 13.4. The first-order valence-corrected chi connectivity index (χ1v) is 19.6. The zero-order valence-corrected chi connectivity index (χ0v) is 33.7. The molecule has 2 N–H and O–H groups in total. The molecule has 334 valence electrons. The fraction of sp³-hybridized carbons (Fsp3) is 0.174. The van der Waals surface area contributed by atoms with Gasteiger partial charge in [-0.15, -0.1) is 13.2 Å². The maximum absolute atomic E-state index is 13.2. The molecule has 4 aromatic carbocycles. The van der Waals surface area contributed by atoms with Crippen LogP contribution in [0.3, 0.4) is 0 Å². The largest absolute Gasteiger partial charge is 0.573 e. The molecule has 0 radical (unpaired) electrons. The molecule has 2 amide bonds. The van der Waals surface area contributed by atoms with Crippen molar-refractivity contribution in [3.63, 3.8) is 0 Å². The van der Waals surface area contributed by atoms with Crippen molar-refractivity contribution in [2.45, 2.75) is 21.2 Å². The molecule has 0 bridgehead atoms.